The maximum atomic E-state index is 10.9. The van der Waals surface area contributed by atoms with Crippen LogP contribution in [0.2, 0.25) is 5.02 Å². The van der Waals surface area contributed by atoms with E-state index in [9.17, 15) is 4.79 Å². The molecule has 0 saturated carbocycles. The van der Waals surface area contributed by atoms with E-state index in [0.717, 1.165) is 6.42 Å². The lowest BCUT2D eigenvalue weighted by Gasteiger charge is -2.23. The summed E-state index contributed by atoms with van der Waals surface area (Å²) in [7, 11) is 0. The highest BCUT2D eigenvalue weighted by Crippen LogP contribution is 2.10. The fourth-order valence-corrected chi connectivity index (χ4v) is 1.52. The summed E-state index contributed by atoms with van der Waals surface area (Å²) in [4.78, 5) is 19.0. The maximum Gasteiger partial charge on any atom is 0.222 e. The molecule has 1 amide bonds. The summed E-state index contributed by atoms with van der Waals surface area (Å²) in [6.07, 6.45) is 4.43. The van der Waals surface area contributed by atoms with Crippen LogP contribution in [-0.4, -0.2) is 28.5 Å². The van der Waals surface area contributed by atoms with Gasteiger partial charge in [0.05, 0.1) is 17.4 Å². The van der Waals surface area contributed by atoms with Crippen molar-refractivity contribution in [2.75, 3.05) is 11.9 Å². The van der Waals surface area contributed by atoms with Gasteiger partial charge in [-0.3, -0.25) is 4.79 Å². The molecular formula is C9H11ClN4O. The van der Waals surface area contributed by atoms with Crippen LogP contribution in [0.5, 0.6) is 0 Å². The van der Waals surface area contributed by atoms with Crippen molar-refractivity contribution in [3.05, 3.63) is 17.4 Å². The number of nitrogens with one attached hydrogen (secondary N) is 2. The van der Waals surface area contributed by atoms with Gasteiger partial charge in [-0.25, -0.2) is 9.97 Å². The molecular weight excluding hydrogens is 216 g/mol. The number of aromatic nitrogens is 2. The van der Waals surface area contributed by atoms with Gasteiger partial charge in [-0.15, -0.1) is 0 Å². The second kappa shape index (κ2) is 4.44. The molecule has 1 atom stereocenters. The number of nitrogens with zero attached hydrogens (tertiary/aromatic N) is 2. The number of amides is 1. The number of carbonyl (C=O) groups is 1. The third-order valence-corrected chi connectivity index (χ3v) is 2.41. The number of carbonyl (C=O) groups excluding carboxylic acids is 1. The summed E-state index contributed by atoms with van der Waals surface area (Å²) < 4.78 is 0. The molecule has 1 unspecified atom stereocenters. The van der Waals surface area contributed by atoms with Crippen LogP contribution in [0.25, 0.3) is 0 Å². The van der Waals surface area contributed by atoms with Crippen LogP contribution in [-0.2, 0) is 4.79 Å². The summed E-state index contributed by atoms with van der Waals surface area (Å²) in [5, 5.41) is 6.43. The Labute approximate surface area is 92.3 Å². The first-order valence-electron chi connectivity index (χ1n) is 4.75. The Morgan fingerprint density at radius 3 is 2.80 bits per heavy atom. The lowest BCUT2D eigenvalue weighted by molar-refractivity contribution is -0.122. The van der Waals surface area contributed by atoms with Gasteiger partial charge in [0.15, 0.2) is 0 Å². The molecule has 5 nitrogen and oxygen atoms in total. The zero-order chi connectivity index (χ0) is 10.7. The van der Waals surface area contributed by atoms with Crippen LogP contribution < -0.4 is 10.6 Å². The van der Waals surface area contributed by atoms with Crippen molar-refractivity contribution in [1.29, 1.82) is 0 Å². The van der Waals surface area contributed by atoms with E-state index >= 15 is 0 Å². The van der Waals surface area contributed by atoms with Crippen LogP contribution in [0.15, 0.2) is 12.4 Å². The summed E-state index contributed by atoms with van der Waals surface area (Å²) in [5.74, 6) is 0.644. The van der Waals surface area contributed by atoms with Crippen LogP contribution in [0.4, 0.5) is 5.95 Å². The number of piperidine rings is 1. The lowest BCUT2D eigenvalue weighted by Crippen LogP contribution is -2.42. The average molecular weight is 227 g/mol. The van der Waals surface area contributed by atoms with Gasteiger partial charge >= 0.3 is 0 Å². The first kappa shape index (κ1) is 10.2. The molecule has 2 N–H and O–H groups in total. The van der Waals surface area contributed by atoms with Crippen molar-refractivity contribution in [2.45, 2.75) is 18.9 Å². The van der Waals surface area contributed by atoms with E-state index in [2.05, 4.69) is 20.6 Å². The molecule has 1 aliphatic rings. The second-order valence-corrected chi connectivity index (χ2v) is 3.85. The SMILES string of the molecule is O=C1CCC(Nc2ncc(Cl)cn2)CN1. The molecule has 1 fully saturated rings. The third kappa shape index (κ3) is 2.79. The van der Waals surface area contributed by atoms with Crippen LogP contribution in [0.1, 0.15) is 12.8 Å². The number of halogens is 1. The molecule has 2 rings (SSSR count). The van der Waals surface area contributed by atoms with Gasteiger partial charge in [-0.2, -0.15) is 0 Å². The smallest absolute Gasteiger partial charge is 0.222 e. The second-order valence-electron chi connectivity index (χ2n) is 3.41. The fraction of sp³-hybridized carbons (Fsp3) is 0.444. The van der Waals surface area contributed by atoms with E-state index in [1.165, 1.54) is 12.4 Å². The minimum absolute atomic E-state index is 0.102. The first-order chi connectivity index (χ1) is 7.24. The maximum absolute atomic E-state index is 10.9. The van der Waals surface area contributed by atoms with Crippen molar-refractivity contribution >= 4 is 23.5 Å². The summed E-state index contributed by atoms with van der Waals surface area (Å²) in [6, 6.07) is 0.198. The molecule has 0 aliphatic carbocycles. The van der Waals surface area contributed by atoms with Crippen molar-refractivity contribution in [2.24, 2.45) is 0 Å². The predicted octanol–water partition coefficient (Wildman–Crippen LogP) is 0.820. The van der Waals surface area contributed by atoms with Crippen LogP contribution in [0, 0.1) is 0 Å². The Hall–Kier alpha value is -1.36. The van der Waals surface area contributed by atoms with E-state index in [1.54, 1.807) is 0 Å². The highest BCUT2D eigenvalue weighted by atomic mass is 35.5. The van der Waals surface area contributed by atoms with Crippen LogP contribution >= 0.6 is 11.6 Å². The summed E-state index contributed by atoms with van der Waals surface area (Å²) >= 11 is 5.66. The molecule has 2 heterocycles. The third-order valence-electron chi connectivity index (χ3n) is 2.22. The molecule has 0 bridgehead atoms. The lowest BCUT2D eigenvalue weighted by atomic mass is 10.1. The molecule has 1 aromatic rings. The van der Waals surface area contributed by atoms with Crippen molar-refractivity contribution in [3.63, 3.8) is 0 Å². The molecule has 0 radical (unpaired) electrons. The number of rotatable bonds is 2. The van der Waals surface area contributed by atoms with E-state index < -0.39 is 0 Å². The molecule has 0 aromatic carbocycles. The Kier molecular flexibility index (Phi) is 3.01. The molecule has 1 aliphatic heterocycles. The Morgan fingerprint density at radius 1 is 1.47 bits per heavy atom. The van der Waals surface area contributed by atoms with Crippen molar-refractivity contribution < 1.29 is 4.79 Å². The monoisotopic (exact) mass is 226 g/mol. The van der Waals surface area contributed by atoms with Gasteiger partial charge in [0.25, 0.3) is 0 Å². The quantitative estimate of drug-likeness (QED) is 0.784. The summed E-state index contributed by atoms with van der Waals surface area (Å²) in [5.41, 5.74) is 0. The van der Waals surface area contributed by atoms with Gasteiger partial charge in [0.2, 0.25) is 11.9 Å². The van der Waals surface area contributed by atoms with Gasteiger partial charge in [0, 0.05) is 19.0 Å². The highest BCUT2D eigenvalue weighted by molar-refractivity contribution is 6.30. The van der Waals surface area contributed by atoms with Crippen molar-refractivity contribution in [1.82, 2.24) is 15.3 Å². The summed E-state index contributed by atoms with van der Waals surface area (Å²) in [6.45, 7) is 0.616. The van der Waals surface area contributed by atoms with Gasteiger partial charge < -0.3 is 10.6 Å². The number of anilines is 1. The molecule has 1 saturated heterocycles. The van der Waals surface area contributed by atoms with Gasteiger partial charge in [-0.1, -0.05) is 11.6 Å². The average Bonchev–Trinajstić information content (AvgIpc) is 2.25. The van der Waals surface area contributed by atoms with Crippen LogP contribution in [0.3, 0.4) is 0 Å². The minimum Gasteiger partial charge on any atom is -0.354 e. The number of hydrogen-bond acceptors (Lipinski definition) is 4. The molecule has 0 spiro atoms. The van der Waals surface area contributed by atoms with Gasteiger partial charge in [0.1, 0.15) is 0 Å². The first-order valence-corrected chi connectivity index (χ1v) is 5.12. The Morgan fingerprint density at radius 2 is 2.20 bits per heavy atom. The zero-order valence-electron chi connectivity index (χ0n) is 8.03. The Bertz CT molecular complexity index is 344. The molecule has 80 valence electrons. The van der Waals surface area contributed by atoms with Crippen molar-refractivity contribution in [3.8, 4) is 0 Å². The van der Waals surface area contributed by atoms with E-state index in [4.69, 9.17) is 11.6 Å². The number of hydrogen-bond donors (Lipinski definition) is 2. The topological polar surface area (TPSA) is 66.9 Å². The highest BCUT2D eigenvalue weighted by Gasteiger charge is 2.17. The molecule has 15 heavy (non-hydrogen) atoms. The molecule has 1 aromatic heterocycles. The fourth-order valence-electron chi connectivity index (χ4n) is 1.43. The normalized spacial score (nSPS) is 20.9. The Balaban J connectivity index is 1.91. The van der Waals surface area contributed by atoms with E-state index in [1.807, 2.05) is 0 Å². The molecule has 6 heteroatoms. The minimum atomic E-state index is 0.102. The standard InChI is InChI=1S/C9H11ClN4O/c10-6-3-12-9(13-4-6)14-7-1-2-8(15)11-5-7/h3-4,7H,1-2,5H2,(H,11,15)(H,12,13,14). The zero-order valence-corrected chi connectivity index (χ0v) is 8.79. The van der Waals surface area contributed by atoms with E-state index in [0.29, 0.717) is 23.9 Å². The largest absolute Gasteiger partial charge is 0.354 e. The van der Waals surface area contributed by atoms with Gasteiger partial charge in [-0.05, 0) is 6.42 Å². The predicted molar refractivity (Wildman–Crippen MR) is 56.7 cm³/mol. The van der Waals surface area contributed by atoms with E-state index in [-0.39, 0.29) is 11.9 Å².